The van der Waals surface area contributed by atoms with E-state index in [0.717, 1.165) is 5.56 Å². The van der Waals surface area contributed by atoms with Crippen molar-refractivity contribution < 1.29 is 19.0 Å². The number of aliphatic hydroxyl groups is 1. The van der Waals surface area contributed by atoms with Crippen molar-refractivity contribution in [1.82, 2.24) is 9.88 Å². The number of carbonyl (C=O) groups is 1. The van der Waals surface area contributed by atoms with E-state index in [-0.39, 0.29) is 34.6 Å². The molecular weight excluding hydrogens is 382 g/mol. The average molecular weight is 399 g/mol. The SMILES string of the molecule is COc1cc(CO)ccc1CN1C(=O)c2c(Cl)nc(Cl)c(F)c2C1(C)C. The van der Waals surface area contributed by atoms with E-state index in [4.69, 9.17) is 27.9 Å². The monoisotopic (exact) mass is 398 g/mol. The zero-order chi connectivity index (χ0) is 19.2. The maximum absolute atomic E-state index is 14.6. The summed E-state index contributed by atoms with van der Waals surface area (Å²) in [7, 11) is 1.51. The molecule has 1 aromatic heterocycles. The van der Waals surface area contributed by atoms with E-state index < -0.39 is 17.3 Å². The lowest BCUT2D eigenvalue weighted by molar-refractivity contribution is 0.0590. The number of methoxy groups -OCH3 is 1. The molecule has 8 heteroatoms. The molecule has 26 heavy (non-hydrogen) atoms. The van der Waals surface area contributed by atoms with Crippen LogP contribution in [0, 0.1) is 5.82 Å². The molecule has 0 unspecified atom stereocenters. The van der Waals surface area contributed by atoms with Crippen molar-refractivity contribution in [3.8, 4) is 5.75 Å². The molecule has 2 heterocycles. The summed E-state index contributed by atoms with van der Waals surface area (Å²) in [5.41, 5.74) is 0.594. The summed E-state index contributed by atoms with van der Waals surface area (Å²) >= 11 is 11.9. The minimum Gasteiger partial charge on any atom is -0.496 e. The largest absolute Gasteiger partial charge is 0.496 e. The molecule has 0 bridgehead atoms. The summed E-state index contributed by atoms with van der Waals surface area (Å²) in [5.74, 6) is -0.639. The standard InChI is InChI=1S/C18H17Cl2FN2O3/c1-18(2)13-12(15(19)22-16(20)14(13)21)17(25)23(18)7-10-5-4-9(8-24)6-11(10)26-3/h4-6,24H,7-8H2,1-3H3. The van der Waals surface area contributed by atoms with E-state index in [1.165, 1.54) is 12.0 Å². The van der Waals surface area contributed by atoms with Gasteiger partial charge in [-0.05, 0) is 25.5 Å². The number of carbonyl (C=O) groups excluding carboxylic acids is 1. The van der Waals surface area contributed by atoms with Crippen molar-refractivity contribution in [2.24, 2.45) is 0 Å². The number of rotatable bonds is 4. The van der Waals surface area contributed by atoms with Crippen LogP contribution in [0.1, 0.15) is 40.9 Å². The minimum absolute atomic E-state index is 0.0320. The fourth-order valence-corrected chi connectivity index (χ4v) is 3.74. The lowest BCUT2D eigenvalue weighted by atomic mass is 9.94. The van der Waals surface area contributed by atoms with Crippen molar-refractivity contribution in [3.63, 3.8) is 0 Å². The van der Waals surface area contributed by atoms with Crippen molar-refractivity contribution in [2.75, 3.05) is 7.11 Å². The Morgan fingerprint density at radius 1 is 1.31 bits per heavy atom. The number of hydrogen-bond acceptors (Lipinski definition) is 4. The molecule has 1 amide bonds. The third-order valence-corrected chi connectivity index (χ3v) is 5.19. The number of amides is 1. The van der Waals surface area contributed by atoms with Gasteiger partial charge < -0.3 is 14.7 Å². The second-order valence-corrected chi connectivity index (χ2v) is 7.23. The van der Waals surface area contributed by atoms with Gasteiger partial charge in [-0.1, -0.05) is 35.3 Å². The maximum atomic E-state index is 14.6. The molecule has 3 rings (SSSR count). The van der Waals surface area contributed by atoms with Crippen LogP contribution in [-0.2, 0) is 18.7 Å². The normalized spacial score (nSPS) is 15.3. The lowest BCUT2D eigenvalue weighted by Crippen LogP contribution is -2.39. The molecule has 1 N–H and O–H groups in total. The minimum atomic E-state index is -0.979. The zero-order valence-electron chi connectivity index (χ0n) is 14.4. The van der Waals surface area contributed by atoms with Gasteiger partial charge in [-0.25, -0.2) is 9.37 Å². The maximum Gasteiger partial charge on any atom is 0.258 e. The van der Waals surface area contributed by atoms with Crippen molar-refractivity contribution in [1.29, 1.82) is 0 Å². The summed E-state index contributed by atoms with van der Waals surface area (Å²) < 4.78 is 20.0. The third kappa shape index (κ3) is 2.82. The second kappa shape index (κ2) is 6.68. The Hall–Kier alpha value is -1.89. The van der Waals surface area contributed by atoms with Crippen LogP contribution in [0.5, 0.6) is 5.75 Å². The van der Waals surface area contributed by atoms with Gasteiger partial charge in [-0.3, -0.25) is 4.79 Å². The van der Waals surface area contributed by atoms with E-state index in [2.05, 4.69) is 4.98 Å². The van der Waals surface area contributed by atoms with E-state index in [1.807, 2.05) is 0 Å². The van der Waals surface area contributed by atoms with Gasteiger partial charge in [0.1, 0.15) is 10.9 Å². The van der Waals surface area contributed by atoms with Gasteiger partial charge in [0.15, 0.2) is 11.0 Å². The van der Waals surface area contributed by atoms with Gasteiger partial charge in [0.2, 0.25) is 0 Å². The van der Waals surface area contributed by atoms with Gasteiger partial charge in [-0.15, -0.1) is 0 Å². The molecule has 138 valence electrons. The number of halogens is 3. The zero-order valence-corrected chi connectivity index (χ0v) is 16.0. The number of pyridine rings is 1. The summed E-state index contributed by atoms with van der Waals surface area (Å²) in [6, 6.07) is 5.20. The van der Waals surface area contributed by atoms with E-state index in [1.54, 1.807) is 32.0 Å². The van der Waals surface area contributed by atoms with Crippen molar-refractivity contribution in [2.45, 2.75) is 32.5 Å². The molecule has 0 atom stereocenters. The number of aromatic nitrogens is 1. The molecular formula is C18H17Cl2FN2O3. The smallest absolute Gasteiger partial charge is 0.258 e. The Labute approximate surface area is 160 Å². The first kappa shape index (κ1) is 18.9. The first-order valence-electron chi connectivity index (χ1n) is 7.86. The predicted molar refractivity (Wildman–Crippen MR) is 96.0 cm³/mol. The van der Waals surface area contributed by atoms with Crippen LogP contribution in [0.2, 0.25) is 10.3 Å². The fourth-order valence-electron chi connectivity index (χ4n) is 3.26. The van der Waals surface area contributed by atoms with Gasteiger partial charge in [-0.2, -0.15) is 0 Å². The molecule has 0 aliphatic carbocycles. The molecule has 5 nitrogen and oxygen atoms in total. The third-order valence-electron chi connectivity index (χ3n) is 4.66. The Bertz CT molecular complexity index is 902. The topological polar surface area (TPSA) is 62.7 Å². The number of benzene rings is 1. The Balaban J connectivity index is 2.07. The molecule has 2 aromatic rings. The summed E-state index contributed by atoms with van der Waals surface area (Å²) in [5, 5.41) is 8.79. The molecule has 1 aliphatic rings. The van der Waals surface area contributed by atoms with Crippen molar-refractivity contribution >= 4 is 29.1 Å². The fraction of sp³-hybridized carbons (Fsp3) is 0.333. The predicted octanol–water partition coefficient (Wildman–Crippen LogP) is 3.92. The molecule has 0 saturated heterocycles. The summed E-state index contributed by atoms with van der Waals surface area (Å²) in [6.07, 6.45) is 0. The van der Waals surface area contributed by atoms with Crippen LogP contribution in [0.4, 0.5) is 4.39 Å². The number of hydrogen-bond donors (Lipinski definition) is 1. The van der Waals surface area contributed by atoms with Crippen LogP contribution < -0.4 is 4.74 Å². The quantitative estimate of drug-likeness (QED) is 0.792. The van der Waals surface area contributed by atoms with Crippen LogP contribution in [0.3, 0.4) is 0 Å². The van der Waals surface area contributed by atoms with Gasteiger partial charge >= 0.3 is 0 Å². The molecule has 1 aromatic carbocycles. The number of nitrogens with zero attached hydrogens (tertiary/aromatic N) is 2. The molecule has 0 fully saturated rings. The highest BCUT2D eigenvalue weighted by Crippen LogP contribution is 2.45. The number of aliphatic hydroxyl groups excluding tert-OH is 1. The van der Waals surface area contributed by atoms with E-state index in [9.17, 15) is 14.3 Å². The van der Waals surface area contributed by atoms with Gasteiger partial charge in [0.25, 0.3) is 5.91 Å². The van der Waals surface area contributed by atoms with E-state index in [0.29, 0.717) is 11.3 Å². The van der Waals surface area contributed by atoms with Gasteiger partial charge in [0, 0.05) is 11.1 Å². The molecule has 0 saturated carbocycles. The van der Waals surface area contributed by atoms with E-state index >= 15 is 0 Å². The Morgan fingerprint density at radius 2 is 2.00 bits per heavy atom. The highest BCUT2D eigenvalue weighted by Gasteiger charge is 2.47. The van der Waals surface area contributed by atoms with Crippen LogP contribution in [-0.4, -0.2) is 28.0 Å². The van der Waals surface area contributed by atoms with Crippen LogP contribution in [0.25, 0.3) is 0 Å². The van der Waals surface area contributed by atoms with Gasteiger partial charge in [0.05, 0.1) is 31.4 Å². The summed E-state index contributed by atoms with van der Waals surface area (Å²) in [6.45, 7) is 3.49. The molecule has 0 spiro atoms. The lowest BCUT2D eigenvalue weighted by Gasteiger charge is -2.33. The summed E-state index contributed by atoms with van der Waals surface area (Å²) in [4.78, 5) is 18.2. The first-order chi connectivity index (χ1) is 12.2. The van der Waals surface area contributed by atoms with Crippen molar-refractivity contribution in [3.05, 3.63) is 56.6 Å². The highest BCUT2D eigenvalue weighted by molar-refractivity contribution is 6.35. The van der Waals surface area contributed by atoms with Crippen LogP contribution in [0.15, 0.2) is 18.2 Å². The molecule has 1 aliphatic heterocycles. The average Bonchev–Trinajstić information content (AvgIpc) is 2.80. The number of ether oxygens (including phenoxy) is 1. The molecule has 0 radical (unpaired) electrons. The number of fused-ring (bicyclic) bond motifs is 1. The second-order valence-electron chi connectivity index (χ2n) is 6.51. The highest BCUT2D eigenvalue weighted by atomic mass is 35.5. The first-order valence-corrected chi connectivity index (χ1v) is 8.61. The Kier molecular flexibility index (Phi) is 4.86. The Morgan fingerprint density at radius 3 is 2.62 bits per heavy atom. The van der Waals surface area contributed by atoms with Crippen LogP contribution >= 0.6 is 23.2 Å².